The third-order valence-corrected chi connectivity index (χ3v) is 6.97. The molecule has 0 bridgehead atoms. The SMILES string of the molecule is Cc1ncsc1-c1ccc([C@H](C)NC(=O)[C@@H]2C[C@@H](O)CN2C(=O)[C@@H](NC=O)C(C)(C)C)cc1. The lowest BCUT2D eigenvalue weighted by Gasteiger charge is -2.34. The number of hydrogen-bond acceptors (Lipinski definition) is 6. The van der Waals surface area contributed by atoms with Crippen molar-refractivity contribution in [2.24, 2.45) is 5.41 Å². The van der Waals surface area contributed by atoms with E-state index >= 15 is 0 Å². The molecule has 2 heterocycles. The molecule has 1 aromatic carbocycles. The molecular formula is C24H32N4O4S. The second kappa shape index (κ2) is 10.0. The molecule has 33 heavy (non-hydrogen) atoms. The number of aryl methyl sites for hydroxylation is 1. The first-order valence-electron chi connectivity index (χ1n) is 11.0. The predicted molar refractivity (Wildman–Crippen MR) is 127 cm³/mol. The summed E-state index contributed by atoms with van der Waals surface area (Å²) >= 11 is 1.59. The highest BCUT2D eigenvalue weighted by Crippen LogP contribution is 2.29. The molecule has 0 unspecified atom stereocenters. The van der Waals surface area contributed by atoms with Crippen LogP contribution in [0.15, 0.2) is 29.8 Å². The lowest BCUT2D eigenvalue weighted by molar-refractivity contribution is -0.143. The van der Waals surface area contributed by atoms with Gasteiger partial charge in [0.1, 0.15) is 12.1 Å². The Kier molecular flexibility index (Phi) is 7.54. The van der Waals surface area contributed by atoms with E-state index in [1.165, 1.54) is 4.90 Å². The number of likely N-dealkylation sites (tertiary alicyclic amines) is 1. The van der Waals surface area contributed by atoms with Crippen molar-refractivity contribution >= 4 is 29.6 Å². The third-order valence-electron chi connectivity index (χ3n) is 5.99. The summed E-state index contributed by atoms with van der Waals surface area (Å²) in [5.74, 6) is -0.697. The molecule has 0 saturated carbocycles. The van der Waals surface area contributed by atoms with E-state index in [1.807, 2.05) is 64.4 Å². The number of aromatic nitrogens is 1. The van der Waals surface area contributed by atoms with Crippen molar-refractivity contribution in [3.8, 4) is 10.4 Å². The molecule has 0 aliphatic carbocycles. The first kappa shape index (κ1) is 24.9. The number of hydrogen-bond donors (Lipinski definition) is 3. The molecule has 3 amide bonds. The zero-order chi connectivity index (χ0) is 24.3. The van der Waals surface area contributed by atoms with E-state index in [2.05, 4.69) is 15.6 Å². The normalized spacial score (nSPS) is 20.2. The van der Waals surface area contributed by atoms with E-state index in [0.717, 1.165) is 21.7 Å². The van der Waals surface area contributed by atoms with Crippen LogP contribution in [0.4, 0.5) is 0 Å². The molecule has 3 N–H and O–H groups in total. The van der Waals surface area contributed by atoms with E-state index in [0.29, 0.717) is 6.41 Å². The Balaban J connectivity index is 1.71. The molecule has 1 saturated heterocycles. The Bertz CT molecular complexity index is 999. The van der Waals surface area contributed by atoms with Crippen LogP contribution in [0.2, 0.25) is 0 Å². The topological polar surface area (TPSA) is 112 Å². The average Bonchev–Trinajstić information content (AvgIpc) is 3.36. The minimum atomic E-state index is -0.799. The molecule has 3 rings (SSSR count). The van der Waals surface area contributed by atoms with E-state index < -0.39 is 23.6 Å². The van der Waals surface area contributed by atoms with Crippen LogP contribution in [-0.4, -0.2) is 57.9 Å². The minimum Gasteiger partial charge on any atom is -0.391 e. The average molecular weight is 473 g/mol. The van der Waals surface area contributed by atoms with E-state index in [-0.39, 0.29) is 30.8 Å². The van der Waals surface area contributed by atoms with Gasteiger partial charge in [-0.05, 0) is 30.4 Å². The van der Waals surface area contributed by atoms with Gasteiger partial charge in [0, 0.05) is 13.0 Å². The Morgan fingerprint density at radius 3 is 2.48 bits per heavy atom. The molecule has 8 nitrogen and oxygen atoms in total. The van der Waals surface area contributed by atoms with Gasteiger partial charge in [-0.25, -0.2) is 4.98 Å². The number of aliphatic hydroxyl groups excluding tert-OH is 1. The van der Waals surface area contributed by atoms with Crippen LogP contribution in [0.25, 0.3) is 10.4 Å². The van der Waals surface area contributed by atoms with Crippen LogP contribution in [-0.2, 0) is 14.4 Å². The number of carbonyl (C=O) groups excluding carboxylic acids is 3. The number of β-amino-alcohol motifs (C(OH)–C–C–N with tert-alkyl or cyclic N) is 1. The van der Waals surface area contributed by atoms with Gasteiger partial charge in [-0.1, -0.05) is 45.0 Å². The molecule has 1 aliphatic heterocycles. The molecule has 2 aromatic rings. The third kappa shape index (κ3) is 5.59. The van der Waals surface area contributed by atoms with Crippen molar-refractivity contribution < 1.29 is 19.5 Å². The van der Waals surface area contributed by atoms with Gasteiger partial charge < -0.3 is 20.6 Å². The summed E-state index contributed by atoms with van der Waals surface area (Å²) in [6.45, 7) is 9.43. The highest BCUT2D eigenvalue weighted by molar-refractivity contribution is 7.13. The zero-order valence-corrected chi connectivity index (χ0v) is 20.5. The molecule has 9 heteroatoms. The summed E-state index contributed by atoms with van der Waals surface area (Å²) in [6.07, 6.45) is -0.139. The fourth-order valence-electron chi connectivity index (χ4n) is 4.13. The van der Waals surface area contributed by atoms with E-state index in [4.69, 9.17) is 0 Å². The number of nitrogens with zero attached hydrogens (tertiary/aromatic N) is 2. The summed E-state index contributed by atoms with van der Waals surface area (Å²) in [4.78, 5) is 44.1. The summed E-state index contributed by atoms with van der Waals surface area (Å²) in [5.41, 5.74) is 4.26. The fraction of sp³-hybridized carbons (Fsp3) is 0.500. The van der Waals surface area contributed by atoms with Crippen LogP contribution in [0.5, 0.6) is 0 Å². The minimum absolute atomic E-state index is 0.0569. The maximum Gasteiger partial charge on any atom is 0.246 e. The first-order chi connectivity index (χ1) is 15.5. The van der Waals surface area contributed by atoms with Crippen LogP contribution in [0, 0.1) is 12.3 Å². The highest BCUT2D eigenvalue weighted by Gasteiger charge is 2.44. The molecule has 1 aliphatic rings. The predicted octanol–water partition coefficient (Wildman–Crippen LogP) is 2.42. The fourth-order valence-corrected chi connectivity index (χ4v) is 4.94. The smallest absolute Gasteiger partial charge is 0.246 e. The van der Waals surface area contributed by atoms with Crippen molar-refractivity contribution in [2.75, 3.05) is 6.54 Å². The Hall–Kier alpha value is -2.78. The maximum absolute atomic E-state index is 13.2. The Morgan fingerprint density at radius 2 is 1.94 bits per heavy atom. The summed E-state index contributed by atoms with van der Waals surface area (Å²) in [6, 6.07) is 6.07. The lowest BCUT2D eigenvalue weighted by Crippen LogP contribution is -2.56. The van der Waals surface area contributed by atoms with Gasteiger partial charge in [-0.3, -0.25) is 14.4 Å². The largest absolute Gasteiger partial charge is 0.391 e. The Labute approximate surface area is 198 Å². The summed E-state index contributed by atoms with van der Waals surface area (Å²) in [7, 11) is 0. The summed E-state index contributed by atoms with van der Waals surface area (Å²) in [5, 5.41) is 15.8. The maximum atomic E-state index is 13.2. The molecule has 178 valence electrons. The van der Waals surface area contributed by atoms with Crippen LogP contribution in [0.3, 0.4) is 0 Å². The van der Waals surface area contributed by atoms with Gasteiger partial charge in [0.25, 0.3) is 0 Å². The van der Waals surface area contributed by atoms with Gasteiger partial charge in [0.15, 0.2) is 0 Å². The van der Waals surface area contributed by atoms with Crippen molar-refractivity contribution in [1.29, 1.82) is 0 Å². The number of nitrogens with one attached hydrogen (secondary N) is 2. The molecule has 0 spiro atoms. The zero-order valence-electron chi connectivity index (χ0n) is 19.7. The van der Waals surface area contributed by atoms with Gasteiger partial charge in [-0.2, -0.15) is 0 Å². The van der Waals surface area contributed by atoms with Gasteiger partial charge >= 0.3 is 0 Å². The van der Waals surface area contributed by atoms with Crippen LogP contribution >= 0.6 is 11.3 Å². The number of benzene rings is 1. The molecule has 4 atom stereocenters. The number of rotatable bonds is 7. The Morgan fingerprint density at radius 1 is 1.27 bits per heavy atom. The first-order valence-corrected chi connectivity index (χ1v) is 11.9. The molecular weight excluding hydrogens is 440 g/mol. The number of aliphatic hydroxyl groups is 1. The highest BCUT2D eigenvalue weighted by atomic mass is 32.1. The second-order valence-electron chi connectivity index (χ2n) is 9.60. The molecule has 0 radical (unpaired) electrons. The van der Waals surface area contributed by atoms with Crippen molar-refractivity contribution in [1.82, 2.24) is 20.5 Å². The van der Waals surface area contributed by atoms with Crippen molar-refractivity contribution in [3.05, 3.63) is 41.0 Å². The second-order valence-corrected chi connectivity index (χ2v) is 10.5. The van der Waals surface area contributed by atoms with Crippen LogP contribution < -0.4 is 10.6 Å². The van der Waals surface area contributed by atoms with Gasteiger partial charge in [0.2, 0.25) is 18.2 Å². The summed E-state index contributed by atoms with van der Waals surface area (Å²) < 4.78 is 0. The quantitative estimate of drug-likeness (QED) is 0.536. The number of amides is 3. The van der Waals surface area contributed by atoms with Gasteiger partial charge in [-0.15, -0.1) is 11.3 Å². The van der Waals surface area contributed by atoms with E-state index in [9.17, 15) is 19.5 Å². The van der Waals surface area contributed by atoms with Crippen molar-refractivity contribution in [3.63, 3.8) is 0 Å². The lowest BCUT2D eigenvalue weighted by atomic mass is 9.85. The van der Waals surface area contributed by atoms with Gasteiger partial charge in [0.05, 0.1) is 28.2 Å². The molecule has 1 fully saturated rings. The monoisotopic (exact) mass is 472 g/mol. The molecule has 1 aromatic heterocycles. The number of thiazole rings is 1. The number of carbonyl (C=O) groups is 3. The van der Waals surface area contributed by atoms with E-state index in [1.54, 1.807) is 11.3 Å². The van der Waals surface area contributed by atoms with Crippen molar-refractivity contribution in [2.45, 2.75) is 65.3 Å². The standard InChI is InChI=1S/C24H32N4O4S/c1-14(16-6-8-17(9-7-16)20-15(2)26-13-33-20)27-22(31)19-10-18(30)11-28(19)23(32)21(25-12-29)24(3,4)5/h6-9,12-14,18-19,21,30H,10-11H2,1-5H3,(H,25,29)(H,27,31)/t14-,18+,19-,21+/m0/s1. The van der Waals surface area contributed by atoms with Crippen LogP contribution in [0.1, 0.15) is 51.4 Å².